The minimum atomic E-state index is -0.614. The van der Waals surface area contributed by atoms with Crippen molar-refractivity contribution in [1.82, 2.24) is 9.55 Å². The maximum Gasteiger partial charge on any atom is 0.360 e. The van der Waals surface area contributed by atoms with Gasteiger partial charge in [-0.2, -0.15) is 4.98 Å². The van der Waals surface area contributed by atoms with Gasteiger partial charge in [0.2, 0.25) is 0 Å². The van der Waals surface area contributed by atoms with Gasteiger partial charge in [0.05, 0.1) is 0 Å². The van der Waals surface area contributed by atoms with Gasteiger partial charge in [0.15, 0.2) is 6.29 Å². The van der Waals surface area contributed by atoms with E-state index in [4.69, 9.17) is 6.42 Å². The third kappa shape index (κ3) is 1.33. The molecule has 0 aliphatic carbocycles. The summed E-state index contributed by atoms with van der Waals surface area (Å²) in [6, 6.07) is 3.44. The number of carbonyl (C=O) groups excluding carboxylic acids is 1. The monoisotopic (exact) mass is 148 g/mol. The Balaban J connectivity index is 3.34. The summed E-state index contributed by atoms with van der Waals surface area (Å²) in [5, 5.41) is 0. The van der Waals surface area contributed by atoms with Crippen LogP contribution in [0.25, 0.3) is 0 Å². The third-order valence-corrected chi connectivity index (χ3v) is 1.09. The zero-order valence-electron chi connectivity index (χ0n) is 5.52. The molecule has 0 saturated carbocycles. The lowest BCUT2D eigenvalue weighted by atomic mass is 10.4. The van der Waals surface area contributed by atoms with Gasteiger partial charge in [0, 0.05) is 12.2 Å². The molecule has 0 N–H and O–H groups in total. The van der Waals surface area contributed by atoms with E-state index in [0.717, 1.165) is 4.57 Å². The third-order valence-electron chi connectivity index (χ3n) is 1.09. The van der Waals surface area contributed by atoms with Crippen LogP contribution in [0.15, 0.2) is 17.1 Å². The predicted molar refractivity (Wildman–Crippen MR) is 38.1 cm³/mol. The van der Waals surface area contributed by atoms with Gasteiger partial charge in [-0.25, -0.2) is 9.36 Å². The molecule has 11 heavy (non-hydrogen) atoms. The van der Waals surface area contributed by atoms with Gasteiger partial charge >= 0.3 is 5.69 Å². The smallest absolute Gasteiger partial charge is 0.296 e. The second-order valence-electron chi connectivity index (χ2n) is 1.75. The average molecular weight is 148 g/mol. The van der Waals surface area contributed by atoms with Crippen LogP contribution >= 0.6 is 0 Å². The summed E-state index contributed by atoms with van der Waals surface area (Å²) in [5.74, 6) is 0. The van der Waals surface area contributed by atoms with Gasteiger partial charge in [-0.15, -0.1) is 0 Å². The topological polar surface area (TPSA) is 52.0 Å². The highest BCUT2D eigenvalue weighted by Crippen LogP contribution is 1.82. The number of hydrogen-bond acceptors (Lipinski definition) is 3. The molecule has 0 bridgehead atoms. The minimum absolute atomic E-state index is 0.0847. The normalized spacial score (nSPS) is 8.64. The van der Waals surface area contributed by atoms with E-state index < -0.39 is 5.69 Å². The number of nitrogens with zero attached hydrogens (tertiary/aromatic N) is 2. The van der Waals surface area contributed by atoms with E-state index in [0.29, 0.717) is 6.29 Å². The molecule has 0 fully saturated rings. The number of carbonyl (C=O) groups is 1. The molecule has 0 spiro atoms. The highest BCUT2D eigenvalue weighted by atomic mass is 16.1. The summed E-state index contributed by atoms with van der Waals surface area (Å²) in [6.07, 6.45) is 6.73. The molecule has 0 aliphatic rings. The lowest BCUT2D eigenvalue weighted by Crippen LogP contribution is -2.20. The Kier molecular flexibility index (Phi) is 1.83. The molecule has 0 amide bonds. The summed E-state index contributed by atoms with van der Waals surface area (Å²) in [7, 11) is 0. The van der Waals surface area contributed by atoms with Crippen LogP contribution in [-0.4, -0.2) is 15.8 Å². The summed E-state index contributed by atoms with van der Waals surface area (Å²) in [4.78, 5) is 24.2. The van der Waals surface area contributed by atoms with Gasteiger partial charge in [-0.3, -0.25) is 4.79 Å². The lowest BCUT2D eigenvalue weighted by molar-refractivity contribution is 0.111. The van der Waals surface area contributed by atoms with Crippen LogP contribution in [0, 0.1) is 12.5 Å². The number of aldehydes is 1. The van der Waals surface area contributed by atoms with Gasteiger partial charge in [0.1, 0.15) is 5.69 Å². The molecule has 0 atom stereocenters. The molecule has 4 nitrogen and oxygen atoms in total. The molecule has 54 valence electrons. The van der Waals surface area contributed by atoms with Crippen molar-refractivity contribution in [2.24, 2.45) is 0 Å². The second kappa shape index (κ2) is 2.80. The van der Waals surface area contributed by atoms with Gasteiger partial charge in [-0.05, 0) is 6.07 Å². The van der Waals surface area contributed by atoms with E-state index in [2.05, 4.69) is 11.0 Å². The van der Waals surface area contributed by atoms with E-state index in [9.17, 15) is 9.59 Å². The number of terminal acetylenes is 1. The maximum atomic E-state index is 10.8. The Bertz CT molecular complexity index is 373. The van der Waals surface area contributed by atoms with Crippen molar-refractivity contribution in [2.45, 2.75) is 0 Å². The van der Waals surface area contributed by atoms with Crippen molar-refractivity contribution in [2.75, 3.05) is 0 Å². The van der Waals surface area contributed by atoms with E-state index in [1.54, 1.807) is 0 Å². The highest BCUT2D eigenvalue weighted by molar-refractivity contribution is 5.71. The van der Waals surface area contributed by atoms with E-state index in [1.165, 1.54) is 12.3 Å². The van der Waals surface area contributed by atoms with Crippen molar-refractivity contribution >= 4 is 6.29 Å². The molecular weight excluding hydrogens is 144 g/mol. The first-order valence-corrected chi connectivity index (χ1v) is 2.79. The average Bonchev–Trinajstić information content (AvgIpc) is 2.04. The van der Waals surface area contributed by atoms with Crippen LogP contribution in [0.5, 0.6) is 0 Å². The van der Waals surface area contributed by atoms with Crippen LogP contribution < -0.4 is 5.69 Å². The number of hydrogen-bond donors (Lipinski definition) is 0. The molecule has 1 aromatic rings. The van der Waals surface area contributed by atoms with E-state index in [-0.39, 0.29) is 5.69 Å². The molecular formula is C7H4N2O2. The molecule has 0 saturated heterocycles. The van der Waals surface area contributed by atoms with Crippen molar-refractivity contribution in [3.05, 3.63) is 28.4 Å². The highest BCUT2D eigenvalue weighted by Gasteiger charge is 1.94. The van der Waals surface area contributed by atoms with Gasteiger partial charge in [-0.1, -0.05) is 6.42 Å². The summed E-state index contributed by atoms with van der Waals surface area (Å²) in [5.41, 5.74) is -0.529. The zero-order valence-corrected chi connectivity index (χ0v) is 5.52. The summed E-state index contributed by atoms with van der Waals surface area (Å²) in [6.45, 7) is 0. The largest absolute Gasteiger partial charge is 0.360 e. The first-order valence-electron chi connectivity index (χ1n) is 2.79. The molecule has 0 aliphatic heterocycles. The van der Waals surface area contributed by atoms with Crippen molar-refractivity contribution in [3.8, 4) is 12.5 Å². The summed E-state index contributed by atoms with van der Waals surface area (Å²) < 4.78 is 0.951. The van der Waals surface area contributed by atoms with E-state index >= 15 is 0 Å². The van der Waals surface area contributed by atoms with Gasteiger partial charge < -0.3 is 0 Å². The van der Waals surface area contributed by atoms with E-state index in [1.807, 2.05) is 0 Å². The molecule has 1 aromatic heterocycles. The van der Waals surface area contributed by atoms with Gasteiger partial charge in [0.25, 0.3) is 0 Å². The number of rotatable bonds is 1. The zero-order chi connectivity index (χ0) is 8.27. The Labute approximate surface area is 62.5 Å². The number of aromatic nitrogens is 2. The Morgan fingerprint density at radius 1 is 1.73 bits per heavy atom. The fraction of sp³-hybridized carbons (Fsp3) is 0. The van der Waals surface area contributed by atoms with Crippen molar-refractivity contribution in [3.63, 3.8) is 0 Å². The van der Waals surface area contributed by atoms with Crippen LogP contribution in [0.1, 0.15) is 10.5 Å². The molecule has 1 rings (SSSR count). The SMILES string of the molecule is C#Cn1ccc(C=O)nc1=O. The minimum Gasteiger partial charge on any atom is -0.296 e. The van der Waals surface area contributed by atoms with Crippen LogP contribution in [0.2, 0.25) is 0 Å². The standard InChI is InChI=1S/C7H4N2O2/c1-2-9-4-3-6(5-10)8-7(9)11/h1,3-5H. The Hall–Kier alpha value is -1.89. The molecule has 4 heteroatoms. The molecule has 0 aromatic carbocycles. The Morgan fingerprint density at radius 3 is 2.91 bits per heavy atom. The molecule has 0 unspecified atom stereocenters. The fourth-order valence-corrected chi connectivity index (χ4v) is 0.580. The first kappa shape index (κ1) is 7.22. The van der Waals surface area contributed by atoms with Crippen LogP contribution in [0.3, 0.4) is 0 Å². The van der Waals surface area contributed by atoms with Crippen LogP contribution in [-0.2, 0) is 0 Å². The lowest BCUT2D eigenvalue weighted by Gasteiger charge is -1.91. The first-order chi connectivity index (χ1) is 5.27. The molecule has 0 radical (unpaired) electrons. The van der Waals surface area contributed by atoms with Crippen LogP contribution in [0.4, 0.5) is 0 Å². The summed E-state index contributed by atoms with van der Waals surface area (Å²) >= 11 is 0. The van der Waals surface area contributed by atoms with Crippen molar-refractivity contribution in [1.29, 1.82) is 0 Å². The Morgan fingerprint density at radius 2 is 2.45 bits per heavy atom. The maximum absolute atomic E-state index is 10.8. The molecule has 1 heterocycles. The predicted octanol–water partition coefficient (Wildman–Crippen LogP) is -0.505. The quantitative estimate of drug-likeness (QED) is 0.398. The fourth-order valence-electron chi connectivity index (χ4n) is 0.580. The van der Waals surface area contributed by atoms with Crippen molar-refractivity contribution < 1.29 is 4.79 Å². The second-order valence-corrected chi connectivity index (χ2v) is 1.75.